The van der Waals surface area contributed by atoms with Crippen LogP contribution in [0, 0.1) is 5.92 Å². The van der Waals surface area contributed by atoms with Gasteiger partial charge in [0.2, 0.25) is 11.8 Å². The fourth-order valence-corrected chi connectivity index (χ4v) is 4.38. The van der Waals surface area contributed by atoms with Crippen LogP contribution in [0.4, 0.5) is 4.79 Å². The number of thioether (sulfide) groups is 1. The van der Waals surface area contributed by atoms with E-state index in [1.165, 1.54) is 0 Å². The molecule has 0 radical (unpaired) electrons. The number of benzene rings is 1. The van der Waals surface area contributed by atoms with Crippen LogP contribution in [0.5, 0.6) is 0 Å². The molecule has 160 valence electrons. The first-order valence-electron chi connectivity index (χ1n) is 9.89. The summed E-state index contributed by atoms with van der Waals surface area (Å²) in [4.78, 5) is 52.5. The number of nitrogens with zero attached hydrogens (tertiary/aromatic N) is 2. The van der Waals surface area contributed by atoms with Crippen LogP contribution in [-0.4, -0.2) is 52.4 Å². The summed E-state index contributed by atoms with van der Waals surface area (Å²) in [5, 5.41) is 2.38. The minimum Gasteiger partial charge on any atom is -0.467 e. The van der Waals surface area contributed by atoms with Gasteiger partial charge in [-0.3, -0.25) is 24.1 Å². The highest BCUT2D eigenvalue weighted by atomic mass is 32.2. The summed E-state index contributed by atoms with van der Waals surface area (Å²) < 4.78 is 5.26. The maximum Gasteiger partial charge on any atom is 0.293 e. The quantitative estimate of drug-likeness (QED) is 0.666. The minimum absolute atomic E-state index is 0.0827. The molecule has 1 aromatic carbocycles. The number of carbonyl (C=O) groups is 4. The Morgan fingerprint density at radius 1 is 1.16 bits per heavy atom. The maximum absolute atomic E-state index is 12.5. The summed E-state index contributed by atoms with van der Waals surface area (Å²) in [6.07, 6.45) is 3.36. The molecule has 2 aliphatic rings. The molecule has 2 aromatic rings. The van der Waals surface area contributed by atoms with Gasteiger partial charge >= 0.3 is 0 Å². The Labute approximate surface area is 183 Å². The number of nitrogens with one attached hydrogen (secondary N) is 1. The molecule has 2 saturated heterocycles. The van der Waals surface area contributed by atoms with Crippen molar-refractivity contribution in [1.82, 2.24) is 15.1 Å². The topological polar surface area (TPSA) is 99.9 Å². The first-order chi connectivity index (χ1) is 15.0. The zero-order valence-corrected chi connectivity index (χ0v) is 17.5. The lowest BCUT2D eigenvalue weighted by molar-refractivity contribution is -0.129. The average Bonchev–Trinajstić information content (AvgIpc) is 3.46. The van der Waals surface area contributed by atoms with Crippen LogP contribution in [0.3, 0.4) is 0 Å². The van der Waals surface area contributed by atoms with E-state index in [0.29, 0.717) is 23.8 Å². The molecule has 9 heteroatoms. The van der Waals surface area contributed by atoms with Gasteiger partial charge in [-0.25, -0.2) is 0 Å². The number of rotatable bonds is 7. The Bertz CT molecular complexity index is 1020. The van der Waals surface area contributed by atoms with Crippen LogP contribution in [0.25, 0.3) is 6.08 Å². The Morgan fingerprint density at radius 3 is 2.71 bits per heavy atom. The Kier molecular flexibility index (Phi) is 6.22. The molecule has 1 atom stereocenters. The standard InChI is InChI=1S/C22H21N3O5S/c26-19-12-16(13-24(19)14-17-7-4-10-30-17)20(27)23-8-9-25-21(28)18(31-22(25)29)11-15-5-2-1-3-6-15/h1-7,10-11,16H,8-9,12-14H2,(H,23,27)/b18-11+. The van der Waals surface area contributed by atoms with Gasteiger partial charge in [0.05, 0.1) is 23.6 Å². The molecule has 2 aliphatic heterocycles. The highest BCUT2D eigenvalue weighted by molar-refractivity contribution is 8.18. The summed E-state index contributed by atoms with van der Waals surface area (Å²) in [7, 11) is 0. The fourth-order valence-electron chi connectivity index (χ4n) is 3.52. The molecule has 0 spiro atoms. The van der Waals surface area contributed by atoms with Crippen molar-refractivity contribution in [3.63, 3.8) is 0 Å². The number of imide groups is 1. The molecule has 1 N–H and O–H groups in total. The van der Waals surface area contributed by atoms with Crippen molar-refractivity contribution in [1.29, 1.82) is 0 Å². The van der Waals surface area contributed by atoms with Crippen molar-refractivity contribution >= 4 is 40.8 Å². The SMILES string of the molecule is O=C(NCCN1C(=O)S/C(=C/c2ccccc2)C1=O)C1CC(=O)N(Cc2ccco2)C1. The molecule has 0 bridgehead atoms. The molecule has 2 fully saturated rings. The molecule has 1 aromatic heterocycles. The van der Waals surface area contributed by atoms with Crippen LogP contribution in [0.1, 0.15) is 17.7 Å². The van der Waals surface area contributed by atoms with Crippen LogP contribution >= 0.6 is 11.8 Å². The van der Waals surface area contributed by atoms with Crippen molar-refractivity contribution in [2.24, 2.45) is 5.92 Å². The number of hydrogen-bond acceptors (Lipinski definition) is 6. The van der Waals surface area contributed by atoms with Gasteiger partial charge in [-0.1, -0.05) is 30.3 Å². The molecule has 1 unspecified atom stereocenters. The maximum atomic E-state index is 12.5. The van der Waals surface area contributed by atoms with E-state index in [1.807, 2.05) is 30.3 Å². The lowest BCUT2D eigenvalue weighted by Gasteiger charge is -2.16. The van der Waals surface area contributed by atoms with E-state index in [0.717, 1.165) is 22.2 Å². The number of hydrogen-bond donors (Lipinski definition) is 1. The molecule has 4 amide bonds. The van der Waals surface area contributed by atoms with E-state index >= 15 is 0 Å². The van der Waals surface area contributed by atoms with Gasteiger partial charge in [0.1, 0.15) is 5.76 Å². The van der Waals surface area contributed by atoms with Crippen LogP contribution in [0.15, 0.2) is 58.1 Å². The number of likely N-dealkylation sites (tertiary alicyclic amines) is 1. The largest absolute Gasteiger partial charge is 0.467 e. The first-order valence-corrected chi connectivity index (χ1v) is 10.7. The van der Waals surface area contributed by atoms with Crippen molar-refractivity contribution in [3.05, 3.63) is 65.0 Å². The molecule has 4 rings (SSSR count). The monoisotopic (exact) mass is 439 g/mol. The summed E-state index contributed by atoms with van der Waals surface area (Å²) in [6, 6.07) is 12.8. The molecule has 3 heterocycles. The second-order valence-corrected chi connectivity index (χ2v) is 8.28. The van der Waals surface area contributed by atoms with E-state index in [9.17, 15) is 19.2 Å². The average molecular weight is 439 g/mol. The lowest BCUT2D eigenvalue weighted by Crippen LogP contribution is -2.40. The van der Waals surface area contributed by atoms with E-state index < -0.39 is 5.92 Å². The Hall–Kier alpha value is -3.33. The second-order valence-electron chi connectivity index (χ2n) is 7.29. The minimum atomic E-state index is -0.463. The number of amides is 4. The van der Waals surface area contributed by atoms with E-state index in [4.69, 9.17) is 4.42 Å². The second kappa shape index (κ2) is 9.22. The Balaban J connectivity index is 1.27. The highest BCUT2D eigenvalue weighted by Gasteiger charge is 2.36. The smallest absolute Gasteiger partial charge is 0.293 e. The number of furan rings is 1. The molecule has 0 aliphatic carbocycles. The third-order valence-electron chi connectivity index (χ3n) is 5.12. The predicted octanol–water partition coefficient (Wildman–Crippen LogP) is 2.48. The first kappa shape index (κ1) is 20.9. The van der Waals surface area contributed by atoms with E-state index in [1.54, 1.807) is 29.4 Å². The van der Waals surface area contributed by atoms with Crippen molar-refractivity contribution < 1.29 is 23.6 Å². The summed E-state index contributed by atoms with van der Waals surface area (Å²) in [5.74, 6) is -0.530. The normalized spacial score (nSPS) is 20.2. The summed E-state index contributed by atoms with van der Waals surface area (Å²) in [6.45, 7) is 0.866. The molecule has 31 heavy (non-hydrogen) atoms. The zero-order chi connectivity index (χ0) is 21.8. The van der Waals surface area contributed by atoms with Gasteiger partial charge in [0.15, 0.2) is 0 Å². The lowest BCUT2D eigenvalue weighted by atomic mass is 10.1. The van der Waals surface area contributed by atoms with Crippen molar-refractivity contribution in [3.8, 4) is 0 Å². The van der Waals surface area contributed by atoms with Crippen molar-refractivity contribution in [2.45, 2.75) is 13.0 Å². The van der Waals surface area contributed by atoms with Gasteiger partial charge in [-0.05, 0) is 35.5 Å². The predicted molar refractivity (Wildman–Crippen MR) is 114 cm³/mol. The fraction of sp³-hybridized carbons (Fsp3) is 0.273. The van der Waals surface area contributed by atoms with Gasteiger partial charge in [-0.15, -0.1) is 0 Å². The highest BCUT2D eigenvalue weighted by Crippen LogP contribution is 2.31. The van der Waals surface area contributed by atoms with Crippen LogP contribution in [-0.2, 0) is 20.9 Å². The molecular formula is C22H21N3O5S. The van der Waals surface area contributed by atoms with Crippen LogP contribution in [0.2, 0.25) is 0 Å². The Morgan fingerprint density at radius 2 is 1.97 bits per heavy atom. The van der Waals surface area contributed by atoms with E-state index in [2.05, 4.69) is 5.32 Å². The molecule has 8 nitrogen and oxygen atoms in total. The number of carbonyl (C=O) groups excluding carboxylic acids is 4. The van der Waals surface area contributed by atoms with Crippen LogP contribution < -0.4 is 5.32 Å². The molecule has 0 saturated carbocycles. The molecular weight excluding hydrogens is 418 g/mol. The van der Waals surface area contributed by atoms with Gasteiger partial charge < -0.3 is 14.6 Å². The summed E-state index contributed by atoms with van der Waals surface area (Å²) in [5.41, 5.74) is 0.839. The third kappa shape index (κ3) is 4.88. The van der Waals surface area contributed by atoms with Gasteiger partial charge in [0, 0.05) is 26.1 Å². The third-order valence-corrected chi connectivity index (χ3v) is 6.03. The van der Waals surface area contributed by atoms with Gasteiger partial charge in [0.25, 0.3) is 11.1 Å². The van der Waals surface area contributed by atoms with Crippen molar-refractivity contribution in [2.75, 3.05) is 19.6 Å². The zero-order valence-electron chi connectivity index (χ0n) is 16.7. The summed E-state index contributed by atoms with van der Waals surface area (Å²) >= 11 is 0.889. The van der Waals surface area contributed by atoms with E-state index in [-0.39, 0.29) is 42.5 Å². The van der Waals surface area contributed by atoms with Gasteiger partial charge in [-0.2, -0.15) is 0 Å².